The maximum absolute atomic E-state index is 6.48. The Hall–Kier alpha value is -1.02. The number of benzene rings is 1. The van der Waals surface area contributed by atoms with Gasteiger partial charge < -0.3 is 10.1 Å². The van der Waals surface area contributed by atoms with Crippen LogP contribution in [0.5, 0.6) is 5.75 Å². The van der Waals surface area contributed by atoms with Crippen LogP contribution in [0.15, 0.2) is 24.3 Å². The molecule has 0 bridgehead atoms. The number of fused-ring (bicyclic) bond motifs is 1. The molecule has 0 radical (unpaired) electrons. The van der Waals surface area contributed by atoms with Gasteiger partial charge in [0, 0.05) is 18.0 Å². The van der Waals surface area contributed by atoms with Crippen molar-refractivity contribution in [3.05, 3.63) is 29.8 Å². The van der Waals surface area contributed by atoms with Crippen molar-refractivity contribution < 1.29 is 4.74 Å². The smallest absolute Gasteiger partial charge is 0.124 e. The third-order valence-corrected chi connectivity index (χ3v) is 5.03. The molecule has 1 saturated carbocycles. The number of hydrogen-bond acceptors (Lipinski definition) is 2. The molecular weight excluding hydrogens is 234 g/mol. The van der Waals surface area contributed by atoms with Crippen molar-refractivity contribution >= 4 is 0 Å². The molecule has 3 atom stereocenters. The summed E-state index contributed by atoms with van der Waals surface area (Å²) < 4.78 is 6.48. The molecule has 0 saturated heterocycles. The van der Waals surface area contributed by atoms with Gasteiger partial charge in [0.25, 0.3) is 0 Å². The molecule has 1 aliphatic heterocycles. The molecule has 104 valence electrons. The van der Waals surface area contributed by atoms with Crippen molar-refractivity contribution in [2.45, 2.75) is 57.1 Å². The Kier molecular flexibility index (Phi) is 3.53. The molecule has 3 unspecified atom stereocenters. The lowest BCUT2D eigenvalue weighted by atomic mass is 9.72. The molecule has 1 spiro atoms. The second-order valence-electron chi connectivity index (χ2n) is 6.24. The first-order valence-corrected chi connectivity index (χ1v) is 7.71. The fourth-order valence-electron chi connectivity index (χ4n) is 3.95. The highest BCUT2D eigenvalue weighted by molar-refractivity contribution is 5.39. The fraction of sp³-hybridized carbons (Fsp3) is 0.647. The molecule has 19 heavy (non-hydrogen) atoms. The van der Waals surface area contributed by atoms with E-state index in [9.17, 15) is 0 Å². The van der Waals surface area contributed by atoms with Gasteiger partial charge in [-0.15, -0.1) is 0 Å². The van der Waals surface area contributed by atoms with Gasteiger partial charge in [-0.25, -0.2) is 0 Å². The van der Waals surface area contributed by atoms with E-state index in [2.05, 4.69) is 43.6 Å². The van der Waals surface area contributed by atoms with Gasteiger partial charge in [0.05, 0.1) is 0 Å². The number of ether oxygens (including phenoxy) is 1. The van der Waals surface area contributed by atoms with Gasteiger partial charge >= 0.3 is 0 Å². The van der Waals surface area contributed by atoms with Crippen LogP contribution in [0.3, 0.4) is 0 Å². The van der Waals surface area contributed by atoms with Crippen molar-refractivity contribution in [2.75, 3.05) is 7.05 Å². The maximum Gasteiger partial charge on any atom is 0.124 e. The van der Waals surface area contributed by atoms with Crippen LogP contribution in [0.1, 0.15) is 57.1 Å². The topological polar surface area (TPSA) is 21.3 Å². The lowest BCUT2D eigenvalue weighted by Gasteiger charge is -2.46. The Morgan fingerprint density at radius 1 is 1.32 bits per heavy atom. The normalized spacial score (nSPS) is 33.8. The number of hydrogen-bond donors (Lipinski definition) is 1. The molecule has 1 aromatic carbocycles. The van der Waals surface area contributed by atoms with Crippen LogP contribution in [0.2, 0.25) is 0 Å². The molecule has 2 aliphatic rings. The first-order valence-electron chi connectivity index (χ1n) is 7.71. The minimum atomic E-state index is 0.0843. The average Bonchev–Trinajstić information content (AvgIpc) is 2.46. The molecular formula is C17H25NO. The summed E-state index contributed by atoms with van der Waals surface area (Å²) in [5.41, 5.74) is 1.41. The highest BCUT2D eigenvalue weighted by atomic mass is 16.5. The Balaban J connectivity index is 1.90. The molecule has 1 N–H and O–H groups in total. The van der Waals surface area contributed by atoms with E-state index in [0.717, 1.165) is 18.1 Å². The number of nitrogens with one attached hydrogen (secondary N) is 1. The summed E-state index contributed by atoms with van der Waals surface area (Å²) in [5.74, 6) is 1.95. The molecule has 2 nitrogen and oxygen atoms in total. The average molecular weight is 259 g/mol. The van der Waals surface area contributed by atoms with Crippen LogP contribution in [0.4, 0.5) is 0 Å². The zero-order chi connectivity index (χ0) is 13.3. The Morgan fingerprint density at radius 3 is 2.95 bits per heavy atom. The minimum absolute atomic E-state index is 0.0843. The van der Waals surface area contributed by atoms with E-state index in [1.807, 2.05) is 0 Å². The Labute approximate surface area is 116 Å². The van der Waals surface area contributed by atoms with E-state index < -0.39 is 0 Å². The van der Waals surface area contributed by atoms with Gasteiger partial charge in [0.1, 0.15) is 11.4 Å². The molecule has 1 aromatic rings. The van der Waals surface area contributed by atoms with Crippen molar-refractivity contribution in [1.29, 1.82) is 0 Å². The summed E-state index contributed by atoms with van der Waals surface area (Å²) in [6, 6.07) is 8.98. The van der Waals surface area contributed by atoms with E-state index in [1.54, 1.807) is 0 Å². The van der Waals surface area contributed by atoms with Crippen molar-refractivity contribution in [1.82, 2.24) is 5.32 Å². The van der Waals surface area contributed by atoms with E-state index >= 15 is 0 Å². The summed E-state index contributed by atoms with van der Waals surface area (Å²) >= 11 is 0. The standard InChI is InChI=1S/C17H25NO/c1-3-13-7-6-10-17(11-13)12-15(18-2)14-8-4-5-9-16(14)19-17/h4-5,8-9,13,15,18H,3,6-7,10-12H2,1-2H3. The second-order valence-corrected chi connectivity index (χ2v) is 6.24. The van der Waals surface area contributed by atoms with Crippen LogP contribution in [-0.2, 0) is 0 Å². The first kappa shape index (κ1) is 13.0. The Bertz CT molecular complexity index is 445. The molecule has 0 aromatic heterocycles. The van der Waals surface area contributed by atoms with Crippen molar-refractivity contribution in [3.63, 3.8) is 0 Å². The Morgan fingerprint density at radius 2 is 2.16 bits per heavy atom. The van der Waals surface area contributed by atoms with E-state index in [1.165, 1.54) is 37.7 Å². The quantitative estimate of drug-likeness (QED) is 0.864. The number of para-hydroxylation sites is 1. The fourth-order valence-corrected chi connectivity index (χ4v) is 3.95. The second kappa shape index (κ2) is 5.16. The van der Waals surface area contributed by atoms with Crippen LogP contribution in [0.25, 0.3) is 0 Å². The lowest BCUT2D eigenvalue weighted by Crippen LogP contribution is -2.46. The van der Waals surface area contributed by atoms with Gasteiger partial charge in [-0.1, -0.05) is 38.0 Å². The highest BCUT2D eigenvalue weighted by Gasteiger charge is 2.43. The van der Waals surface area contributed by atoms with Gasteiger partial charge in [0.2, 0.25) is 0 Å². The van der Waals surface area contributed by atoms with Crippen LogP contribution in [0, 0.1) is 5.92 Å². The summed E-state index contributed by atoms with van der Waals surface area (Å²) in [6.45, 7) is 2.32. The van der Waals surface area contributed by atoms with E-state index in [4.69, 9.17) is 4.74 Å². The largest absolute Gasteiger partial charge is 0.487 e. The highest BCUT2D eigenvalue weighted by Crippen LogP contribution is 2.47. The molecule has 1 heterocycles. The molecule has 2 heteroatoms. The predicted molar refractivity (Wildman–Crippen MR) is 78.5 cm³/mol. The molecule has 1 fully saturated rings. The van der Waals surface area contributed by atoms with Gasteiger partial charge in [0.15, 0.2) is 0 Å². The van der Waals surface area contributed by atoms with Gasteiger partial charge in [-0.3, -0.25) is 0 Å². The first-order chi connectivity index (χ1) is 9.26. The summed E-state index contributed by atoms with van der Waals surface area (Å²) in [5, 5.41) is 3.48. The van der Waals surface area contributed by atoms with Crippen molar-refractivity contribution in [3.8, 4) is 5.75 Å². The van der Waals surface area contributed by atoms with Crippen LogP contribution in [-0.4, -0.2) is 12.6 Å². The zero-order valence-corrected chi connectivity index (χ0v) is 12.1. The lowest BCUT2D eigenvalue weighted by molar-refractivity contribution is -0.0207. The van der Waals surface area contributed by atoms with Crippen LogP contribution < -0.4 is 10.1 Å². The molecule has 1 aliphatic carbocycles. The SMILES string of the molecule is CCC1CCCC2(C1)CC(NC)c1ccccc1O2. The van der Waals surface area contributed by atoms with Crippen molar-refractivity contribution in [2.24, 2.45) is 5.92 Å². The van der Waals surface area contributed by atoms with E-state index in [0.29, 0.717) is 6.04 Å². The summed E-state index contributed by atoms with van der Waals surface area (Å²) in [4.78, 5) is 0. The van der Waals surface area contributed by atoms with Crippen LogP contribution >= 0.6 is 0 Å². The monoisotopic (exact) mass is 259 g/mol. The number of rotatable bonds is 2. The van der Waals surface area contributed by atoms with E-state index in [-0.39, 0.29) is 5.60 Å². The summed E-state index contributed by atoms with van der Waals surface area (Å²) in [7, 11) is 2.07. The summed E-state index contributed by atoms with van der Waals surface area (Å²) in [6.07, 6.45) is 7.56. The molecule has 3 rings (SSSR count). The molecule has 0 amide bonds. The maximum atomic E-state index is 6.48. The predicted octanol–water partition coefficient (Wildman–Crippen LogP) is 4.07. The van der Waals surface area contributed by atoms with Gasteiger partial charge in [-0.2, -0.15) is 0 Å². The zero-order valence-electron chi connectivity index (χ0n) is 12.1. The minimum Gasteiger partial charge on any atom is -0.487 e. The van der Waals surface area contributed by atoms with Gasteiger partial charge in [-0.05, 0) is 38.3 Å². The third kappa shape index (κ3) is 2.38. The third-order valence-electron chi connectivity index (χ3n) is 5.03.